The zero-order valence-corrected chi connectivity index (χ0v) is 33.9. The van der Waals surface area contributed by atoms with E-state index >= 15 is 0 Å². The van der Waals surface area contributed by atoms with Crippen LogP contribution < -0.4 is 30.6 Å². The van der Waals surface area contributed by atoms with Crippen LogP contribution in [0.4, 0.5) is 11.5 Å². The molecular formula is C41H49N7O11. The van der Waals surface area contributed by atoms with Crippen LogP contribution in [0.5, 0.6) is 11.5 Å². The zero-order valence-electron chi connectivity index (χ0n) is 33.9. The fraction of sp³-hybridized carbons (Fsp3) is 0.390. The van der Waals surface area contributed by atoms with Crippen molar-refractivity contribution in [3.05, 3.63) is 75.8 Å². The molecule has 1 atom stereocenters. The van der Waals surface area contributed by atoms with Crippen molar-refractivity contribution in [3.63, 3.8) is 0 Å². The maximum absolute atomic E-state index is 13.1. The highest BCUT2D eigenvalue weighted by Gasteiger charge is 2.44. The van der Waals surface area contributed by atoms with Crippen LogP contribution in [0.3, 0.4) is 0 Å². The van der Waals surface area contributed by atoms with Crippen molar-refractivity contribution in [2.75, 3.05) is 85.1 Å². The highest BCUT2D eigenvalue weighted by Crippen LogP contribution is 2.38. The molecule has 4 amide bonds. The lowest BCUT2D eigenvalue weighted by Crippen LogP contribution is -2.54. The first-order valence-electron chi connectivity index (χ1n) is 18.8. The number of pyridine rings is 2. The number of aryl methyl sites for hydroxylation is 1. The first-order chi connectivity index (χ1) is 28.3. The van der Waals surface area contributed by atoms with Crippen LogP contribution in [0.2, 0.25) is 0 Å². The largest absolute Gasteiger partial charge is 0.496 e. The number of nitrogens with zero attached hydrogens (tertiary/aromatic N) is 5. The molecule has 18 heteroatoms. The number of hydrogen-bond donors (Lipinski definition) is 3. The third-order valence-electron chi connectivity index (χ3n) is 9.80. The molecule has 0 radical (unpaired) electrons. The SMILES string of the molecule is COc1cc(-c2cn(C)c(=O)c3cnc(N(C)CCOCCOCCNc4ccc5c(c4)C(=O)N(C4CCC(=O)NC4=O)C5=O)cc23)cc(OC)c1CN(C)C.O=CO. The maximum atomic E-state index is 13.1. The van der Waals surface area contributed by atoms with Crippen molar-refractivity contribution in [1.82, 2.24) is 24.7 Å². The van der Waals surface area contributed by atoms with E-state index in [2.05, 4.69) is 15.6 Å². The lowest BCUT2D eigenvalue weighted by molar-refractivity contribution is -0.136. The van der Waals surface area contributed by atoms with Crippen molar-refractivity contribution in [1.29, 1.82) is 0 Å². The Morgan fingerprint density at radius 2 is 1.56 bits per heavy atom. The number of anilines is 2. The predicted octanol–water partition coefficient (Wildman–Crippen LogP) is 2.36. The van der Waals surface area contributed by atoms with Gasteiger partial charge in [-0.15, -0.1) is 0 Å². The highest BCUT2D eigenvalue weighted by molar-refractivity contribution is 6.23. The predicted molar refractivity (Wildman–Crippen MR) is 218 cm³/mol. The fourth-order valence-corrected chi connectivity index (χ4v) is 6.89. The Balaban J connectivity index is 0.00000214. The number of hydrogen-bond acceptors (Lipinski definition) is 14. The maximum Gasteiger partial charge on any atom is 0.290 e. The van der Waals surface area contributed by atoms with Gasteiger partial charge in [-0.05, 0) is 62.5 Å². The Hall–Kier alpha value is -6.37. The monoisotopic (exact) mass is 815 g/mol. The Labute approximate surface area is 340 Å². The van der Waals surface area contributed by atoms with Gasteiger partial charge >= 0.3 is 0 Å². The summed E-state index contributed by atoms with van der Waals surface area (Å²) < 4.78 is 24.6. The number of aromatic nitrogens is 2. The number of likely N-dealkylation sites (N-methyl/N-ethyl adjacent to an activating group) is 1. The minimum absolute atomic E-state index is 0.0639. The number of carboxylic acid groups (broad SMARTS) is 1. The molecule has 1 unspecified atom stereocenters. The Kier molecular flexibility index (Phi) is 14.7. The number of ether oxygens (including phenoxy) is 4. The van der Waals surface area contributed by atoms with Crippen molar-refractivity contribution >= 4 is 52.4 Å². The topological polar surface area (TPSA) is 211 Å². The fourth-order valence-electron chi connectivity index (χ4n) is 6.89. The van der Waals surface area contributed by atoms with Gasteiger partial charge in [-0.2, -0.15) is 0 Å². The molecule has 6 rings (SSSR count). The van der Waals surface area contributed by atoms with Crippen LogP contribution in [-0.4, -0.2) is 135 Å². The first kappa shape index (κ1) is 43.7. The third kappa shape index (κ3) is 10.0. The van der Waals surface area contributed by atoms with E-state index in [9.17, 15) is 24.0 Å². The lowest BCUT2D eigenvalue weighted by Gasteiger charge is -2.27. The number of rotatable bonds is 17. The number of piperidine rings is 1. The Bertz CT molecular complexity index is 2250. The van der Waals surface area contributed by atoms with Gasteiger partial charge in [0.2, 0.25) is 11.8 Å². The van der Waals surface area contributed by atoms with Crippen LogP contribution in [0, 0.1) is 0 Å². The minimum Gasteiger partial charge on any atom is -0.496 e. The minimum atomic E-state index is -1.01. The average Bonchev–Trinajstić information content (AvgIpc) is 3.46. The second kappa shape index (κ2) is 19.9. The molecule has 59 heavy (non-hydrogen) atoms. The standard InChI is InChI=1S/C40H47N7O9.CH2O2/c1-44(2)22-31-33(53-5)17-24(18-34(31)54-6)30-23-46(4)38(50)29-21-42-35(20-27(29)30)45(3)12-14-56-16-15-55-13-11-41-25-7-8-26-28(19-25)40(52)47(39(26)51)32-9-10-36(48)43-37(32)49;2-1-3/h7-8,17-21,23,32,41H,9-16,22H2,1-6H3,(H,43,48,49);1H,(H,2,3). The number of carbonyl (C=O) groups excluding carboxylic acids is 4. The quantitative estimate of drug-likeness (QED) is 0.0794. The molecule has 4 aromatic rings. The van der Waals surface area contributed by atoms with E-state index < -0.39 is 29.7 Å². The van der Waals surface area contributed by atoms with Gasteiger partial charge in [-0.3, -0.25) is 39.0 Å². The first-order valence-corrected chi connectivity index (χ1v) is 18.8. The van der Waals surface area contributed by atoms with Crippen LogP contribution in [0.15, 0.2) is 53.6 Å². The molecule has 2 aromatic heterocycles. The van der Waals surface area contributed by atoms with Gasteiger partial charge in [0.1, 0.15) is 23.4 Å². The number of benzene rings is 2. The number of amides is 4. The van der Waals surface area contributed by atoms with Crippen molar-refractivity contribution in [3.8, 4) is 22.6 Å². The molecule has 1 fully saturated rings. The van der Waals surface area contributed by atoms with Crippen LogP contribution >= 0.6 is 0 Å². The summed E-state index contributed by atoms with van der Waals surface area (Å²) >= 11 is 0. The molecule has 18 nitrogen and oxygen atoms in total. The van der Waals surface area contributed by atoms with Crippen molar-refractivity contribution < 1.29 is 48.0 Å². The summed E-state index contributed by atoms with van der Waals surface area (Å²) in [6.45, 7) is 2.89. The second-order valence-electron chi connectivity index (χ2n) is 14.0. The smallest absolute Gasteiger partial charge is 0.290 e. The summed E-state index contributed by atoms with van der Waals surface area (Å²) in [5, 5.41) is 13.5. The van der Waals surface area contributed by atoms with Gasteiger partial charge < -0.3 is 43.7 Å². The van der Waals surface area contributed by atoms with Crippen LogP contribution in [0.1, 0.15) is 39.1 Å². The molecule has 2 aliphatic heterocycles. The highest BCUT2D eigenvalue weighted by atomic mass is 16.5. The van der Waals surface area contributed by atoms with Gasteiger partial charge in [0.25, 0.3) is 23.8 Å². The van der Waals surface area contributed by atoms with Gasteiger partial charge in [0.05, 0.1) is 62.7 Å². The number of methoxy groups -OCH3 is 2. The van der Waals surface area contributed by atoms with Crippen molar-refractivity contribution in [2.24, 2.45) is 7.05 Å². The van der Waals surface area contributed by atoms with E-state index in [1.165, 1.54) is 0 Å². The van der Waals surface area contributed by atoms with E-state index in [0.717, 1.165) is 27.0 Å². The molecule has 0 bridgehead atoms. The van der Waals surface area contributed by atoms with Crippen LogP contribution in [0.25, 0.3) is 21.9 Å². The van der Waals surface area contributed by atoms with Gasteiger partial charge in [0, 0.05) is 69.2 Å². The summed E-state index contributed by atoms with van der Waals surface area (Å²) in [6, 6.07) is 9.68. The molecule has 0 aliphatic carbocycles. The van der Waals surface area contributed by atoms with E-state index in [4.69, 9.17) is 28.8 Å². The second-order valence-corrected chi connectivity index (χ2v) is 14.0. The summed E-state index contributed by atoms with van der Waals surface area (Å²) in [7, 11) is 10.9. The lowest BCUT2D eigenvalue weighted by atomic mass is 9.98. The Morgan fingerprint density at radius 3 is 2.20 bits per heavy atom. The molecule has 2 aliphatic rings. The normalized spacial score (nSPS) is 14.8. The molecule has 2 aromatic carbocycles. The zero-order chi connectivity index (χ0) is 42.8. The Morgan fingerprint density at radius 1 is 0.898 bits per heavy atom. The number of carbonyl (C=O) groups is 5. The molecular weight excluding hydrogens is 766 g/mol. The summed E-state index contributed by atoms with van der Waals surface area (Å²) in [5.74, 6) is -0.102. The number of fused-ring (bicyclic) bond motifs is 2. The number of nitrogens with one attached hydrogen (secondary N) is 2. The third-order valence-corrected chi connectivity index (χ3v) is 9.80. The van der Waals surface area contributed by atoms with E-state index in [1.807, 2.05) is 55.3 Å². The average molecular weight is 816 g/mol. The molecule has 314 valence electrons. The molecule has 1 saturated heterocycles. The summed E-state index contributed by atoms with van der Waals surface area (Å²) in [4.78, 5) is 80.9. The van der Waals surface area contributed by atoms with E-state index in [0.29, 0.717) is 74.5 Å². The molecule has 0 saturated carbocycles. The number of imide groups is 2. The van der Waals surface area contributed by atoms with Gasteiger partial charge in [-0.1, -0.05) is 0 Å². The molecule has 0 spiro atoms. The van der Waals surface area contributed by atoms with Crippen LogP contribution in [-0.2, 0) is 37.4 Å². The van der Waals surface area contributed by atoms with Crippen molar-refractivity contribution in [2.45, 2.75) is 25.4 Å². The van der Waals surface area contributed by atoms with E-state index in [1.54, 1.807) is 50.2 Å². The van der Waals surface area contributed by atoms with Gasteiger partial charge in [-0.25, -0.2) is 4.98 Å². The summed E-state index contributed by atoms with van der Waals surface area (Å²) in [5.41, 5.74) is 3.52. The molecule has 4 heterocycles. The molecule has 3 N–H and O–H groups in total. The van der Waals surface area contributed by atoms with Gasteiger partial charge in [0.15, 0.2) is 0 Å². The van der Waals surface area contributed by atoms with E-state index in [-0.39, 0.29) is 36.0 Å². The summed E-state index contributed by atoms with van der Waals surface area (Å²) in [6.07, 6.45) is 3.60.